The molecule has 2 heterocycles. The van der Waals surface area contributed by atoms with E-state index < -0.39 is 0 Å². The maximum atomic E-state index is 10.5. The zero-order valence-electron chi connectivity index (χ0n) is 4.48. The number of fused-ring (bicyclic) bond motifs is 1. The van der Waals surface area contributed by atoms with Gasteiger partial charge in [0.15, 0.2) is 0 Å². The highest BCUT2D eigenvalue weighted by Crippen LogP contribution is 2.14. The van der Waals surface area contributed by atoms with E-state index >= 15 is 0 Å². The number of carbonyl (C=O) groups is 1. The quantitative estimate of drug-likeness (QED) is 0.388. The van der Waals surface area contributed by atoms with Crippen LogP contribution in [0.4, 0.5) is 0 Å². The van der Waals surface area contributed by atoms with E-state index in [9.17, 15) is 4.79 Å². The van der Waals surface area contributed by atoms with Gasteiger partial charge in [-0.25, -0.2) is 0 Å². The summed E-state index contributed by atoms with van der Waals surface area (Å²) >= 11 is 0. The maximum Gasteiger partial charge on any atom is 0.239 e. The highest BCUT2D eigenvalue weighted by Gasteiger charge is 2.42. The Morgan fingerprint density at radius 2 is 2.50 bits per heavy atom. The first kappa shape index (κ1) is 4.32. The van der Waals surface area contributed by atoms with Crippen molar-refractivity contribution in [2.75, 3.05) is 6.54 Å². The normalized spacial score (nSPS) is 42.8. The van der Waals surface area contributed by atoms with Crippen LogP contribution in [0.5, 0.6) is 0 Å². The minimum absolute atomic E-state index is 0.162. The van der Waals surface area contributed by atoms with E-state index in [0.29, 0.717) is 6.04 Å². The molecule has 2 fully saturated rings. The number of hydrogen-bond donors (Lipinski definition) is 2. The Morgan fingerprint density at radius 3 is 3.00 bits per heavy atom. The number of hydrogen-bond acceptors (Lipinski definition) is 2. The van der Waals surface area contributed by atoms with Crippen LogP contribution in [0.15, 0.2) is 0 Å². The lowest BCUT2D eigenvalue weighted by Gasteiger charge is -2.29. The summed E-state index contributed by atoms with van der Waals surface area (Å²) in [5, 5.41) is 5.90. The van der Waals surface area contributed by atoms with E-state index in [1.807, 2.05) is 0 Å². The molecule has 0 bridgehead atoms. The van der Waals surface area contributed by atoms with Crippen LogP contribution in [-0.2, 0) is 4.79 Å². The first-order valence-electron chi connectivity index (χ1n) is 2.92. The van der Waals surface area contributed by atoms with E-state index in [0.717, 1.165) is 13.0 Å². The van der Waals surface area contributed by atoms with E-state index in [1.165, 1.54) is 0 Å². The Balaban J connectivity index is 2.11. The molecule has 0 aromatic heterocycles. The average molecular weight is 112 g/mol. The molecule has 2 aliphatic heterocycles. The summed E-state index contributed by atoms with van der Waals surface area (Å²) < 4.78 is 0. The van der Waals surface area contributed by atoms with Crippen LogP contribution in [0.2, 0.25) is 0 Å². The minimum atomic E-state index is 0.162. The van der Waals surface area contributed by atoms with Crippen LogP contribution in [-0.4, -0.2) is 24.5 Å². The van der Waals surface area contributed by atoms with Crippen LogP contribution >= 0.6 is 0 Å². The third-order valence-electron chi connectivity index (χ3n) is 1.83. The lowest BCUT2D eigenvalue weighted by molar-refractivity contribution is -0.130. The van der Waals surface area contributed by atoms with E-state index in [1.54, 1.807) is 0 Å². The Hall–Kier alpha value is -0.570. The molecule has 0 aliphatic carbocycles. The van der Waals surface area contributed by atoms with Crippen molar-refractivity contribution in [1.29, 1.82) is 0 Å². The van der Waals surface area contributed by atoms with Crippen LogP contribution in [0.3, 0.4) is 0 Å². The molecule has 0 saturated carbocycles. The van der Waals surface area contributed by atoms with Gasteiger partial charge in [0.05, 0.1) is 6.04 Å². The second kappa shape index (κ2) is 1.23. The van der Waals surface area contributed by atoms with Gasteiger partial charge in [-0.15, -0.1) is 0 Å². The van der Waals surface area contributed by atoms with Gasteiger partial charge in [0.25, 0.3) is 0 Å². The van der Waals surface area contributed by atoms with Crippen LogP contribution in [0.1, 0.15) is 6.42 Å². The number of β-lactam (4-membered cyclic amide) rings is 1. The van der Waals surface area contributed by atoms with Gasteiger partial charge in [0.2, 0.25) is 5.91 Å². The standard InChI is InChI=1S/C5H8N2O/c8-5-4-3(7-5)1-2-6-4/h3-4,6H,1-2H2,(H,7,8). The molecule has 8 heavy (non-hydrogen) atoms. The van der Waals surface area contributed by atoms with Crippen LogP contribution in [0.25, 0.3) is 0 Å². The summed E-state index contributed by atoms with van der Waals surface area (Å²) in [5.74, 6) is 0.174. The van der Waals surface area contributed by atoms with Gasteiger partial charge in [0.1, 0.15) is 6.04 Å². The molecule has 44 valence electrons. The number of nitrogens with one attached hydrogen (secondary N) is 2. The van der Waals surface area contributed by atoms with Gasteiger partial charge in [-0.3, -0.25) is 4.79 Å². The molecule has 2 N–H and O–H groups in total. The summed E-state index contributed by atoms with van der Waals surface area (Å²) in [4.78, 5) is 10.5. The van der Waals surface area contributed by atoms with Crippen molar-refractivity contribution in [3.63, 3.8) is 0 Å². The highest BCUT2D eigenvalue weighted by molar-refractivity contribution is 5.89. The molecule has 2 saturated heterocycles. The second-order valence-corrected chi connectivity index (χ2v) is 2.34. The molecule has 0 spiro atoms. The SMILES string of the molecule is O=C1NC2CCNC12. The minimum Gasteiger partial charge on any atom is -0.350 e. The molecule has 3 nitrogen and oxygen atoms in total. The molecule has 2 atom stereocenters. The molecule has 2 unspecified atom stereocenters. The molecule has 3 heteroatoms. The van der Waals surface area contributed by atoms with Gasteiger partial charge in [-0.05, 0) is 13.0 Å². The van der Waals surface area contributed by atoms with Gasteiger partial charge in [-0.2, -0.15) is 0 Å². The predicted octanol–water partition coefficient (Wildman–Crippen LogP) is -1.15. The molecule has 0 aromatic rings. The van der Waals surface area contributed by atoms with Crippen molar-refractivity contribution in [3.05, 3.63) is 0 Å². The van der Waals surface area contributed by atoms with Crippen molar-refractivity contribution < 1.29 is 4.79 Å². The Labute approximate surface area is 47.4 Å². The fourth-order valence-electron chi connectivity index (χ4n) is 1.31. The fraction of sp³-hybridized carbons (Fsp3) is 0.800. The molecule has 2 aliphatic rings. The predicted molar refractivity (Wildman–Crippen MR) is 28.3 cm³/mol. The molecule has 0 radical (unpaired) electrons. The second-order valence-electron chi connectivity index (χ2n) is 2.34. The van der Waals surface area contributed by atoms with Gasteiger partial charge in [-0.1, -0.05) is 0 Å². The molecular formula is C5H8N2O. The lowest BCUT2D eigenvalue weighted by Crippen LogP contribution is -2.63. The maximum absolute atomic E-state index is 10.5. The van der Waals surface area contributed by atoms with Crippen LogP contribution < -0.4 is 10.6 Å². The summed E-state index contributed by atoms with van der Waals surface area (Å²) in [6.07, 6.45) is 1.11. The van der Waals surface area contributed by atoms with Gasteiger partial charge >= 0.3 is 0 Å². The first-order chi connectivity index (χ1) is 3.88. The average Bonchev–Trinajstić information content (AvgIpc) is 2.09. The van der Waals surface area contributed by atoms with Crippen LogP contribution in [0, 0.1) is 0 Å². The molecule has 2 rings (SSSR count). The zero-order chi connectivity index (χ0) is 5.56. The number of rotatable bonds is 0. The third kappa shape index (κ3) is 0.351. The van der Waals surface area contributed by atoms with Crippen molar-refractivity contribution in [3.8, 4) is 0 Å². The Morgan fingerprint density at radius 1 is 1.62 bits per heavy atom. The summed E-state index contributed by atoms with van der Waals surface area (Å²) in [6, 6.07) is 0.623. The Kier molecular flexibility index (Phi) is 0.663. The molecule has 0 aromatic carbocycles. The van der Waals surface area contributed by atoms with Crippen molar-refractivity contribution in [2.45, 2.75) is 18.5 Å². The fourth-order valence-corrected chi connectivity index (χ4v) is 1.31. The summed E-state index contributed by atoms with van der Waals surface area (Å²) in [5.41, 5.74) is 0. The largest absolute Gasteiger partial charge is 0.350 e. The van der Waals surface area contributed by atoms with Crippen molar-refractivity contribution >= 4 is 5.91 Å². The van der Waals surface area contributed by atoms with Gasteiger partial charge in [0, 0.05) is 0 Å². The monoisotopic (exact) mass is 112 g/mol. The smallest absolute Gasteiger partial charge is 0.239 e. The number of amides is 1. The topological polar surface area (TPSA) is 41.1 Å². The van der Waals surface area contributed by atoms with Crippen molar-refractivity contribution in [1.82, 2.24) is 10.6 Å². The highest BCUT2D eigenvalue weighted by atomic mass is 16.2. The first-order valence-corrected chi connectivity index (χ1v) is 2.92. The van der Waals surface area contributed by atoms with E-state index in [4.69, 9.17) is 0 Å². The molecular weight excluding hydrogens is 104 g/mol. The zero-order valence-corrected chi connectivity index (χ0v) is 4.48. The van der Waals surface area contributed by atoms with Gasteiger partial charge < -0.3 is 10.6 Å². The van der Waals surface area contributed by atoms with Crippen molar-refractivity contribution in [2.24, 2.45) is 0 Å². The summed E-state index contributed by atoms with van der Waals surface area (Å²) in [6.45, 7) is 0.994. The van der Waals surface area contributed by atoms with E-state index in [2.05, 4.69) is 10.6 Å². The number of carbonyl (C=O) groups excluding carboxylic acids is 1. The molecule has 1 amide bonds. The third-order valence-corrected chi connectivity index (χ3v) is 1.83. The lowest BCUT2D eigenvalue weighted by atomic mass is 10.0. The summed E-state index contributed by atoms with van der Waals surface area (Å²) in [7, 11) is 0. The Bertz CT molecular complexity index is 134. The van der Waals surface area contributed by atoms with E-state index in [-0.39, 0.29) is 11.9 Å².